The fourth-order valence-electron chi connectivity index (χ4n) is 2.92. The van der Waals surface area contributed by atoms with Crippen LogP contribution in [0.2, 0.25) is 0 Å². The summed E-state index contributed by atoms with van der Waals surface area (Å²) in [6, 6.07) is 9.54. The number of aromatic nitrogens is 3. The molecule has 0 spiro atoms. The quantitative estimate of drug-likeness (QED) is 0.761. The van der Waals surface area contributed by atoms with Crippen LogP contribution in [0, 0.1) is 13.8 Å². The molecule has 1 aromatic carbocycles. The highest BCUT2D eigenvalue weighted by molar-refractivity contribution is 5.99. The van der Waals surface area contributed by atoms with E-state index in [2.05, 4.69) is 15.4 Å². The van der Waals surface area contributed by atoms with E-state index >= 15 is 0 Å². The van der Waals surface area contributed by atoms with Gasteiger partial charge in [0.2, 0.25) is 0 Å². The molecule has 1 unspecified atom stereocenters. The van der Waals surface area contributed by atoms with Crippen LogP contribution in [0.3, 0.4) is 0 Å². The van der Waals surface area contributed by atoms with Crippen molar-refractivity contribution in [3.05, 3.63) is 59.0 Å². The molecular weight excluding hydrogens is 328 g/mol. The number of ether oxygens (including phenoxy) is 1. The molecule has 0 saturated heterocycles. The first-order valence-corrected chi connectivity index (χ1v) is 8.74. The van der Waals surface area contributed by atoms with Gasteiger partial charge in [0.1, 0.15) is 11.3 Å². The van der Waals surface area contributed by atoms with Gasteiger partial charge in [-0.3, -0.25) is 4.79 Å². The van der Waals surface area contributed by atoms with Crippen LogP contribution in [0.25, 0.3) is 5.65 Å². The third kappa shape index (κ3) is 3.69. The molecule has 0 aliphatic carbocycles. The van der Waals surface area contributed by atoms with E-state index < -0.39 is 0 Å². The van der Waals surface area contributed by atoms with E-state index in [-0.39, 0.29) is 18.1 Å². The van der Waals surface area contributed by atoms with Crippen molar-refractivity contribution in [3.8, 4) is 5.75 Å². The molecule has 2 heterocycles. The number of amides is 1. The SMILES string of the molecule is Cc1cc(C)n2ncc(C(=O)NC(C)c3cccc(OC(C)C)c3)c2n1. The zero-order valence-corrected chi connectivity index (χ0v) is 15.8. The van der Waals surface area contributed by atoms with Crippen molar-refractivity contribution in [1.29, 1.82) is 0 Å². The predicted molar refractivity (Wildman–Crippen MR) is 101 cm³/mol. The minimum absolute atomic E-state index is 0.103. The molecule has 1 atom stereocenters. The van der Waals surface area contributed by atoms with E-state index in [9.17, 15) is 4.79 Å². The number of benzene rings is 1. The first kappa shape index (κ1) is 17.9. The van der Waals surface area contributed by atoms with Crippen LogP contribution in [-0.4, -0.2) is 26.6 Å². The fraction of sp³-hybridized carbons (Fsp3) is 0.350. The minimum Gasteiger partial charge on any atom is -0.491 e. The van der Waals surface area contributed by atoms with Crippen LogP contribution in [0.5, 0.6) is 5.75 Å². The molecule has 0 aliphatic heterocycles. The monoisotopic (exact) mass is 352 g/mol. The van der Waals surface area contributed by atoms with E-state index in [1.54, 1.807) is 10.7 Å². The maximum absolute atomic E-state index is 12.8. The maximum Gasteiger partial charge on any atom is 0.257 e. The van der Waals surface area contributed by atoms with Gasteiger partial charge >= 0.3 is 0 Å². The van der Waals surface area contributed by atoms with Gasteiger partial charge in [-0.15, -0.1) is 0 Å². The van der Waals surface area contributed by atoms with E-state index in [1.165, 1.54) is 0 Å². The summed E-state index contributed by atoms with van der Waals surface area (Å²) in [4.78, 5) is 17.2. The second kappa shape index (κ2) is 7.15. The average Bonchev–Trinajstić information content (AvgIpc) is 2.98. The summed E-state index contributed by atoms with van der Waals surface area (Å²) < 4.78 is 7.41. The highest BCUT2D eigenvalue weighted by atomic mass is 16.5. The van der Waals surface area contributed by atoms with Gasteiger partial charge in [-0.1, -0.05) is 12.1 Å². The van der Waals surface area contributed by atoms with Crippen molar-refractivity contribution in [1.82, 2.24) is 19.9 Å². The smallest absolute Gasteiger partial charge is 0.257 e. The normalized spacial score (nSPS) is 12.4. The zero-order valence-electron chi connectivity index (χ0n) is 15.8. The minimum atomic E-state index is -0.194. The van der Waals surface area contributed by atoms with E-state index in [1.807, 2.05) is 65.0 Å². The Balaban J connectivity index is 1.82. The molecule has 2 aromatic heterocycles. The number of hydrogen-bond acceptors (Lipinski definition) is 4. The number of carbonyl (C=O) groups excluding carboxylic acids is 1. The Bertz CT molecular complexity index is 946. The standard InChI is InChI=1S/C20H24N4O2/c1-12(2)26-17-8-6-7-16(10-17)15(5)23-20(25)18-11-21-24-14(4)9-13(3)22-19(18)24/h6-12,15H,1-5H3,(H,23,25). The molecule has 0 radical (unpaired) electrons. The number of nitrogens with one attached hydrogen (secondary N) is 1. The molecule has 1 N–H and O–H groups in total. The third-order valence-electron chi connectivity index (χ3n) is 4.10. The molecule has 0 aliphatic rings. The van der Waals surface area contributed by atoms with Gasteiger partial charge in [0.15, 0.2) is 5.65 Å². The van der Waals surface area contributed by atoms with Crippen LogP contribution in [-0.2, 0) is 0 Å². The van der Waals surface area contributed by atoms with Crippen molar-refractivity contribution >= 4 is 11.6 Å². The highest BCUT2D eigenvalue weighted by Crippen LogP contribution is 2.21. The lowest BCUT2D eigenvalue weighted by molar-refractivity contribution is 0.0941. The molecule has 0 fully saturated rings. The number of carbonyl (C=O) groups is 1. The summed E-state index contributed by atoms with van der Waals surface area (Å²) in [6.07, 6.45) is 1.67. The third-order valence-corrected chi connectivity index (χ3v) is 4.10. The Hall–Kier alpha value is -2.89. The Kier molecular flexibility index (Phi) is 4.93. The van der Waals surface area contributed by atoms with E-state index in [4.69, 9.17) is 4.74 Å². The summed E-state index contributed by atoms with van der Waals surface area (Å²) in [7, 11) is 0. The molecule has 136 valence electrons. The van der Waals surface area contributed by atoms with Crippen molar-refractivity contribution < 1.29 is 9.53 Å². The average molecular weight is 352 g/mol. The van der Waals surface area contributed by atoms with Gasteiger partial charge in [-0.2, -0.15) is 5.10 Å². The largest absolute Gasteiger partial charge is 0.491 e. The molecular formula is C20H24N4O2. The maximum atomic E-state index is 12.8. The molecule has 1 amide bonds. The number of nitrogens with zero attached hydrogens (tertiary/aromatic N) is 3. The number of hydrogen-bond donors (Lipinski definition) is 1. The van der Waals surface area contributed by atoms with Crippen LogP contribution in [0.1, 0.15) is 54.1 Å². The highest BCUT2D eigenvalue weighted by Gasteiger charge is 2.18. The van der Waals surface area contributed by atoms with Crippen LogP contribution in [0.4, 0.5) is 0 Å². The van der Waals surface area contributed by atoms with Crippen molar-refractivity contribution in [3.63, 3.8) is 0 Å². The lowest BCUT2D eigenvalue weighted by atomic mass is 10.1. The summed E-state index contributed by atoms with van der Waals surface area (Å²) in [5.41, 5.74) is 3.82. The second-order valence-corrected chi connectivity index (χ2v) is 6.77. The molecule has 3 aromatic rings. The summed E-state index contributed by atoms with van der Waals surface area (Å²) >= 11 is 0. The Labute approximate surface area is 153 Å². The molecule has 6 nitrogen and oxygen atoms in total. The summed E-state index contributed by atoms with van der Waals surface area (Å²) in [6.45, 7) is 9.77. The second-order valence-electron chi connectivity index (χ2n) is 6.77. The van der Waals surface area contributed by atoms with Gasteiger partial charge in [-0.25, -0.2) is 9.50 Å². The number of aryl methyl sites for hydroxylation is 2. The Morgan fingerprint density at radius 1 is 1.19 bits per heavy atom. The van der Waals surface area contributed by atoms with Gasteiger partial charge in [0.05, 0.1) is 18.3 Å². The lowest BCUT2D eigenvalue weighted by Gasteiger charge is -2.16. The van der Waals surface area contributed by atoms with Gasteiger partial charge in [-0.05, 0) is 58.4 Å². The Morgan fingerprint density at radius 2 is 1.96 bits per heavy atom. The molecule has 3 rings (SSSR count). The predicted octanol–water partition coefficient (Wildman–Crippen LogP) is 3.62. The Morgan fingerprint density at radius 3 is 2.69 bits per heavy atom. The summed E-state index contributed by atoms with van der Waals surface area (Å²) in [5, 5.41) is 7.30. The molecule has 0 bridgehead atoms. The lowest BCUT2D eigenvalue weighted by Crippen LogP contribution is -2.26. The van der Waals surface area contributed by atoms with E-state index in [0.29, 0.717) is 11.2 Å². The molecule has 26 heavy (non-hydrogen) atoms. The van der Waals surface area contributed by atoms with Crippen molar-refractivity contribution in [2.24, 2.45) is 0 Å². The number of fused-ring (bicyclic) bond motifs is 1. The summed E-state index contributed by atoms with van der Waals surface area (Å²) in [5.74, 6) is 0.600. The van der Waals surface area contributed by atoms with Crippen LogP contribution >= 0.6 is 0 Å². The molecule has 6 heteroatoms. The number of rotatable bonds is 5. The van der Waals surface area contributed by atoms with Gasteiger partial charge < -0.3 is 10.1 Å². The topological polar surface area (TPSA) is 68.5 Å². The van der Waals surface area contributed by atoms with Gasteiger partial charge in [0.25, 0.3) is 5.91 Å². The van der Waals surface area contributed by atoms with E-state index in [0.717, 1.165) is 22.7 Å². The van der Waals surface area contributed by atoms with Crippen LogP contribution in [0.15, 0.2) is 36.5 Å². The first-order chi connectivity index (χ1) is 12.3. The van der Waals surface area contributed by atoms with Crippen molar-refractivity contribution in [2.75, 3.05) is 0 Å². The van der Waals surface area contributed by atoms with Gasteiger partial charge in [0, 0.05) is 11.4 Å². The van der Waals surface area contributed by atoms with Crippen molar-refractivity contribution in [2.45, 2.75) is 46.8 Å². The zero-order chi connectivity index (χ0) is 18.8. The van der Waals surface area contributed by atoms with Crippen LogP contribution < -0.4 is 10.1 Å². The first-order valence-electron chi connectivity index (χ1n) is 8.74. The molecule has 0 saturated carbocycles. The fourth-order valence-corrected chi connectivity index (χ4v) is 2.92.